The van der Waals surface area contributed by atoms with E-state index in [1.165, 1.54) is 18.2 Å². The lowest BCUT2D eigenvalue weighted by Gasteiger charge is -2.13. The monoisotopic (exact) mass is 427 g/mol. The number of carbonyl (C=O) groups excluding carboxylic acids is 2. The molecule has 6 N–H and O–H groups in total. The molecule has 1 saturated heterocycles. The van der Waals surface area contributed by atoms with Crippen LogP contribution >= 0.6 is 36.2 Å². The van der Waals surface area contributed by atoms with Crippen LogP contribution in [0.2, 0.25) is 0 Å². The SMILES string of the molecule is Cc1ccc([N+](=O)[O-])cc1NC(=O)/C(=N\NC(=S)NN)C1SC(=S)NC1=O. The van der Waals surface area contributed by atoms with Crippen molar-refractivity contribution in [3.05, 3.63) is 33.9 Å². The molecule has 0 bridgehead atoms. The Kier molecular flexibility index (Phi) is 6.73. The largest absolute Gasteiger partial charge is 0.320 e. The van der Waals surface area contributed by atoms with E-state index in [9.17, 15) is 19.7 Å². The molecule has 142 valence electrons. The molecule has 1 aliphatic heterocycles. The van der Waals surface area contributed by atoms with Crippen LogP contribution in [0.4, 0.5) is 11.4 Å². The average Bonchev–Trinajstić information content (AvgIpc) is 2.94. The van der Waals surface area contributed by atoms with Crippen LogP contribution in [0.25, 0.3) is 0 Å². The molecular formula is C13H13N7O4S3. The van der Waals surface area contributed by atoms with Crippen LogP contribution in [0.5, 0.6) is 0 Å². The van der Waals surface area contributed by atoms with Gasteiger partial charge in [-0.3, -0.25) is 30.6 Å². The summed E-state index contributed by atoms with van der Waals surface area (Å²) in [7, 11) is 0. The third-order valence-corrected chi connectivity index (χ3v) is 4.85. The first-order valence-electron chi connectivity index (χ1n) is 7.15. The van der Waals surface area contributed by atoms with Gasteiger partial charge in [0.15, 0.2) is 0 Å². The van der Waals surface area contributed by atoms with Crippen molar-refractivity contribution < 1.29 is 14.5 Å². The molecule has 2 rings (SSSR count). The second-order valence-electron chi connectivity index (χ2n) is 5.07. The van der Waals surface area contributed by atoms with Gasteiger partial charge < -0.3 is 10.6 Å². The summed E-state index contributed by atoms with van der Waals surface area (Å²) in [5.74, 6) is 3.85. The van der Waals surface area contributed by atoms with Gasteiger partial charge in [-0.25, -0.2) is 5.84 Å². The molecule has 1 heterocycles. The maximum atomic E-state index is 12.7. The number of thioether (sulfide) groups is 1. The molecule has 0 saturated carbocycles. The molecule has 1 aliphatic rings. The first kappa shape index (κ1) is 20.6. The zero-order valence-electron chi connectivity index (χ0n) is 13.6. The normalized spacial score (nSPS) is 16.5. The predicted octanol–water partition coefficient (Wildman–Crippen LogP) is 0.0520. The number of nitrogens with two attached hydrogens (primary N) is 1. The van der Waals surface area contributed by atoms with Crippen LogP contribution in [-0.4, -0.2) is 37.1 Å². The van der Waals surface area contributed by atoms with E-state index in [2.05, 4.69) is 26.6 Å². The number of carbonyl (C=O) groups is 2. The van der Waals surface area contributed by atoms with Gasteiger partial charge in [0.05, 0.1) is 10.6 Å². The lowest BCUT2D eigenvalue weighted by atomic mass is 10.1. The molecule has 2 amide bonds. The number of hydrazine groups is 1. The van der Waals surface area contributed by atoms with E-state index < -0.39 is 22.0 Å². The molecule has 1 unspecified atom stereocenters. The summed E-state index contributed by atoms with van der Waals surface area (Å²) < 4.78 is 0.191. The molecule has 0 spiro atoms. The Morgan fingerprint density at radius 2 is 2.19 bits per heavy atom. The van der Waals surface area contributed by atoms with Gasteiger partial charge in [-0.05, 0) is 24.7 Å². The Morgan fingerprint density at radius 3 is 2.74 bits per heavy atom. The number of hydrazone groups is 1. The number of anilines is 1. The molecule has 0 aromatic heterocycles. The highest BCUT2D eigenvalue weighted by atomic mass is 32.2. The lowest BCUT2D eigenvalue weighted by Crippen LogP contribution is -2.42. The maximum Gasteiger partial charge on any atom is 0.273 e. The van der Waals surface area contributed by atoms with E-state index in [0.29, 0.717) is 5.56 Å². The molecule has 1 aromatic carbocycles. The Balaban J connectivity index is 2.32. The highest BCUT2D eigenvalue weighted by Crippen LogP contribution is 2.24. The highest BCUT2D eigenvalue weighted by Gasteiger charge is 2.37. The van der Waals surface area contributed by atoms with E-state index >= 15 is 0 Å². The Labute approximate surface area is 167 Å². The van der Waals surface area contributed by atoms with Crippen molar-refractivity contribution >= 4 is 74.5 Å². The summed E-state index contributed by atoms with van der Waals surface area (Å²) in [6.07, 6.45) is 0. The molecular weight excluding hydrogens is 414 g/mol. The van der Waals surface area contributed by atoms with Gasteiger partial charge in [-0.1, -0.05) is 30.0 Å². The van der Waals surface area contributed by atoms with Crippen molar-refractivity contribution in [2.75, 3.05) is 5.32 Å². The molecule has 27 heavy (non-hydrogen) atoms. The summed E-state index contributed by atoms with van der Waals surface area (Å²) in [5, 5.41) is 18.6. The van der Waals surface area contributed by atoms with Gasteiger partial charge in [0.2, 0.25) is 11.0 Å². The van der Waals surface area contributed by atoms with E-state index in [1.54, 1.807) is 6.92 Å². The Bertz CT molecular complexity index is 873. The van der Waals surface area contributed by atoms with Crippen LogP contribution in [0.1, 0.15) is 5.56 Å². The first-order valence-corrected chi connectivity index (χ1v) is 8.84. The summed E-state index contributed by atoms with van der Waals surface area (Å²) in [5.41, 5.74) is 4.81. The van der Waals surface area contributed by atoms with Gasteiger partial charge in [-0.2, -0.15) is 5.10 Å². The molecule has 1 atom stereocenters. The summed E-state index contributed by atoms with van der Waals surface area (Å²) in [6.45, 7) is 1.66. The lowest BCUT2D eigenvalue weighted by molar-refractivity contribution is -0.384. The third-order valence-electron chi connectivity index (χ3n) is 3.26. The number of rotatable bonds is 5. The fraction of sp³-hybridized carbons (Fsp3) is 0.154. The molecule has 14 heteroatoms. The highest BCUT2D eigenvalue weighted by molar-refractivity contribution is 8.25. The number of hydrogen-bond acceptors (Lipinski definition) is 9. The van der Waals surface area contributed by atoms with Crippen molar-refractivity contribution in [2.24, 2.45) is 10.9 Å². The number of nitro groups is 1. The number of nitrogens with one attached hydrogen (secondary N) is 4. The number of nitro benzene ring substituents is 1. The van der Waals surface area contributed by atoms with Crippen molar-refractivity contribution in [1.29, 1.82) is 0 Å². The number of aryl methyl sites for hydroxylation is 1. The zero-order chi connectivity index (χ0) is 20.1. The number of non-ortho nitro benzene ring substituents is 1. The molecule has 0 radical (unpaired) electrons. The minimum absolute atomic E-state index is 0.0854. The van der Waals surface area contributed by atoms with Crippen LogP contribution in [0.15, 0.2) is 23.3 Å². The van der Waals surface area contributed by atoms with E-state index in [4.69, 9.17) is 30.3 Å². The van der Waals surface area contributed by atoms with Crippen molar-refractivity contribution in [1.82, 2.24) is 16.2 Å². The van der Waals surface area contributed by atoms with Crippen LogP contribution in [0, 0.1) is 17.0 Å². The van der Waals surface area contributed by atoms with Crippen LogP contribution < -0.4 is 27.3 Å². The van der Waals surface area contributed by atoms with Crippen LogP contribution in [-0.2, 0) is 9.59 Å². The Morgan fingerprint density at radius 1 is 1.48 bits per heavy atom. The minimum atomic E-state index is -1.02. The van der Waals surface area contributed by atoms with E-state index in [0.717, 1.165) is 11.8 Å². The van der Waals surface area contributed by atoms with Gasteiger partial charge in [0, 0.05) is 12.1 Å². The second kappa shape index (κ2) is 8.81. The summed E-state index contributed by atoms with van der Waals surface area (Å²) in [6, 6.07) is 4.00. The molecule has 1 fully saturated rings. The summed E-state index contributed by atoms with van der Waals surface area (Å²) >= 11 is 10.6. The van der Waals surface area contributed by atoms with Crippen molar-refractivity contribution in [3.63, 3.8) is 0 Å². The molecule has 11 nitrogen and oxygen atoms in total. The van der Waals surface area contributed by atoms with Gasteiger partial charge in [0.25, 0.3) is 11.6 Å². The maximum absolute atomic E-state index is 12.7. The zero-order valence-corrected chi connectivity index (χ0v) is 16.1. The second-order valence-corrected chi connectivity index (χ2v) is 7.26. The fourth-order valence-corrected chi connectivity index (χ4v) is 3.20. The third kappa shape index (κ3) is 5.16. The number of hydrogen-bond donors (Lipinski definition) is 5. The van der Waals surface area contributed by atoms with Crippen molar-refractivity contribution in [3.8, 4) is 0 Å². The summed E-state index contributed by atoms with van der Waals surface area (Å²) in [4.78, 5) is 35.1. The van der Waals surface area contributed by atoms with Crippen LogP contribution in [0.3, 0.4) is 0 Å². The van der Waals surface area contributed by atoms with Gasteiger partial charge in [-0.15, -0.1) is 0 Å². The average molecular weight is 427 g/mol. The number of thiocarbonyl (C=S) groups is 2. The van der Waals surface area contributed by atoms with Gasteiger partial charge >= 0.3 is 0 Å². The quantitative estimate of drug-likeness (QED) is 0.143. The van der Waals surface area contributed by atoms with Gasteiger partial charge in [0.1, 0.15) is 15.3 Å². The minimum Gasteiger partial charge on any atom is -0.320 e. The number of nitrogens with zero attached hydrogens (tertiary/aromatic N) is 2. The Hall–Kier alpha value is -2.68. The fourth-order valence-electron chi connectivity index (χ4n) is 1.95. The van der Waals surface area contributed by atoms with E-state index in [-0.39, 0.29) is 26.5 Å². The smallest absolute Gasteiger partial charge is 0.273 e. The van der Waals surface area contributed by atoms with E-state index in [1.807, 2.05) is 0 Å². The first-order chi connectivity index (χ1) is 12.7. The predicted molar refractivity (Wildman–Crippen MR) is 109 cm³/mol. The van der Waals surface area contributed by atoms with Crippen molar-refractivity contribution in [2.45, 2.75) is 12.2 Å². The molecule has 0 aliphatic carbocycles. The topological polar surface area (TPSA) is 164 Å². The number of benzene rings is 1. The molecule has 1 aromatic rings. The standard InChI is InChI=1S/C13H13N7O4S3/c1-5-2-3-6(20(23)24)4-7(5)15-10(21)8(18-19-12(25)17-14)9-11(22)16-13(26)27-9/h2-4,9H,14H2,1H3,(H,15,21)(H,16,22,26)(H2,17,19,25)/b18-8-. The number of amides is 2.